The minimum atomic E-state index is 0.135. The van der Waals surface area contributed by atoms with Crippen molar-refractivity contribution < 1.29 is 4.79 Å². The maximum Gasteiger partial charge on any atom is 0.254 e. The molecule has 0 unspecified atom stereocenters. The molecule has 1 aromatic rings. The van der Waals surface area contributed by atoms with E-state index in [1.807, 2.05) is 23.3 Å². The maximum absolute atomic E-state index is 11.9. The molecule has 1 aromatic heterocycles. The third-order valence-corrected chi connectivity index (χ3v) is 3.48. The smallest absolute Gasteiger partial charge is 0.254 e. The molecule has 0 N–H and O–H groups in total. The van der Waals surface area contributed by atoms with E-state index < -0.39 is 0 Å². The van der Waals surface area contributed by atoms with Gasteiger partial charge in [-0.25, -0.2) is 0 Å². The molecular formula is C10H14BrNOS. The number of thiophene rings is 1. The highest BCUT2D eigenvalue weighted by molar-refractivity contribution is 9.11. The number of carbonyl (C=O) groups excluding carboxylic acids is 1. The number of hydrogen-bond donors (Lipinski definition) is 0. The van der Waals surface area contributed by atoms with Crippen molar-refractivity contribution in [2.45, 2.75) is 20.3 Å². The maximum atomic E-state index is 11.9. The summed E-state index contributed by atoms with van der Waals surface area (Å²) in [4.78, 5) is 13.8. The first-order chi connectivity index (χ1) is 6.69. The van der Waals surface area contributed by atoms with Crippen molar-refractivity contribution in [2.24, 2.45) is 0 Å². The van der Waals surface area contributed by atoms with E-state index in [2.05, 4.69) is 22.9 Å². The van der Waals surface area contributed by atoms with Gasteiger partial charge in [-0.1, -0.05) is 6.92 Å². The highest BCUT2D eigenvalue weighted by Gasteiger charge is 2.14. The Morgan fingerprint density at radius 1 is 1.57 bits per heavy atom. The van der Waals surface area contributed by atoms with E-state index in [4.69, 9.17) is 0 Å². The minimum Gasteiger partial charge on any atom is -0.339 e. The molecule has 78 valence electrons. The van der Waals surface area contributed by atoms with E-state index in [1.54, 1.807) is 11.3 Å². The van der Waals surface area contributed by atoms with E-state index in [0.717, 1.165) is 28.9 Å². The molecule has 1 amide bonds. The van der Waals surface area contributed by atoms with Crippen LogP contribution in [-0.4, -0.2) is 23.9 Å². The molecule has 14 heavy (non-hydrogen) atoms. The fourth-order valence-corrected chi connectivity index (χ4v) is 2.41. The standard InChI is InChI=1S/C10H14BrNOS/c1-3-5-12(4-2)10(13)8-6-9(11)14-7-8/h6-7H,3-5H2,1-2H3. The molecule has 0 aliphatic rings. The summed E-state index contributed by atoms with van der Waals surface area (Å²) in [5.74, 6) is 0.135. The number of halogens is 1. The van der Waals surface area contributed by atoms with Crippen LogP contribution in [0.25, 0.3) is 0 Å². The van der Waals surface area contributed by atoms with Crippen molar-refractivity contribution in [1.29, 1.82) is 0 Å². The van der Waals surface area contributed by atoms with Gasteiger partial charge in [0.15, 0.2) is 0 Å². The monoisotopic (exact) mass is 275 g/mol. The number of amides is 1. The van der Waals surface area contributed by atoms with Gasteiger partial charge in [0, 0.05) is 18.5 Å². The Labute approximate surface area is 97.1 Å². The fourth-order valence-electron chi connectivity index (χ4n) is 1.28. The lowest BCUT2D eigenvalue weighted by atomic mass is 10.3. The van der Waals surface area contributed by atoms with Crippen LogP contribution in [-0.2, 0) is 0 Å². The zero-order valence-electron chi connectivity index (χ0n) is 8.42. The van der Waals surface area contributed by atoms with Crippen LogP contribution in [0.2, 0.25) is 0 Å². The summed E-state index contributed by atoms with van der Waals surface area (Å²) in [6, 6.07) is 1.88. The minimum absolute atomic E-state index is 0.135. The molecule has 0 atom stereocenters. The summed E-state index contributed by atoms with van der Waals surface area (Å²) in [5.41, 5.74) is 0.789. The highest BCUT2D eigenvalue weighted by atomic mass is 79.9. The van der Waals surface area contributed by atoms with Crippen molar-refractivity contribution in [1.82, 2.24) is 4.90 Å². The molecule has 0 fully saturated rings. The molecule has 0 radical (unpaired) electrons. The molecule has 0 aliphatic heterocycles. The van der Waals surface area contributed by atoms with Gasteiger partial charge in [-0.2, -0.15) is 0 Å². The Morgan fingerprint density at radius 3 is 2.71 bits per heavy atom. The van der Waals surface area contributed by atoms with Gasteiger partial charge in [-0.05, 0) is 35.3 Å². The quantitative estimate of drug-likeness (QED) is 0.825. The lowest BCUT2D eigenvalue weighted by molar-refractivity contribution is 0.0765. The number of hydrogen-bond acceptors (Lipinski definition) is 2. The molecule has 2 nitrogen and oxygen atoms in total. The molecular weight excluding hydrogens is 262 g/mol. The van der Waals surface area contributed by atoms with E-state index in [1.165, 1.54) is 0 Å². The summed E-state index contributed by atoms with van der Waals surface area (Å²) in [5, 5.41) is 1.89. The first-order valence-electron chi connectivity index (χ1n) is 4.72. The summed E-state index contributed by atoms with van der Waals surface area (Å²) in [7, 11) is 0. The SMILES string of the molecule is CCCN(CC)C(=O)c1csc(Br)c1. The lowest BCUT2D eigenvalue weighted by Gasteiger charge is -2.19. The predicted molar refractivity (Wildman–Crippen MR) is 63.9 cm³/mol. The van der Waals surface area contributed by atoms with Gasteiger partial charge in [0.1, 0.15) is 0 Å². The number of rotatable bonds is 4. The van der Waals surface area contributed by atoms with Gasteiger partial charge in [-0.3, -0.25) is 4.79 Å². The summed E-state index contributed by atoms with van der Waals surface area (Å²) < 4.78 is 1.01. The highest BCUT2D eigenvalue weighted by Crippen LogP contribution is 2.21. The van der Waals surface area contributed by atoms with E-state index in [9.17, 15) is 4.79 Å². The topological polar surface area (TPSA) is 20.3 Å². The molecule has 0 saturated heterocycles. The van der Waals surface area contributed by atoms with E-state index >= 15 is 0 Å². The van der Waals surface area contributed by atoms with Crippen LogP contribution < -0.4 is 0 Å². The Morgan fingerprint density at radius 2 is 2.29 bits per heavy atom. The zero-order chi connectivity index (χ0) is 10.6. The van der Waals surface area contributed by atoms with Crippen molar-refractivity contribution in [3.63, 3.8) is 0 Å². The van der Waals surface area contributed by atoms with Gasteiger partial charge in [0.05, 0.1) is 9.35 Å². The molecule has 1 rings (SSSR count). The summed E-state index contributed by atoms with van der Waals surface area (Å²) in [6.45, 7) is 5.71. The van der Waals surface area contributed by atoms with E-state index in [-0.39, 0.29) is 5.91 Å². The second-order valence-electron chi connectivity index (χ2n) is 3.02. The van der Waals surface area contributed by atoms with Crippen LogP contribution in [0.3, 0.4) is 0 Å². The zero-order valence-corrected chi connectivity index (χ0v) is 10.8. The molecule has 0 aliphatic carbocycles. The third kappa shape index (κ3) is 2.82. The molecule has 4 heteroatoms. The average Bonchev–Trinajstić information content (AvgIpc) is 2.60. The molecule has 0 spiro atoms. The van der Waals surface area contributed by atoms with Crippen LogP contribution in [0.15, 0.2) is 15.2 Å². The van der Waals surface area contributed by atoms with Crippen LogP contribution in [0.1, 0.15) is 30.6 Å². The van der Waals surface area contributed by atoms with Gasteiger partial charge in [0.25, 0.3) is 5.91 Å². The van der Waals surface area contributed by atoms with Crippen molar-refractivity contribution in [3.8, 4) is 0 Å². The summed E-state index contributed by atoms with van der Waals surface area (Å²) >= 11 is 4.91. The first-order valence-corrected chi connectivity index (χ1v) is 6.39. The Balaban J connectivity index is 2.72. The van der Waals surface area contributed by atoms with Crippen LogP contribution in [0.4, 0.5) is 0 Å². The van der Waals surface area contributed by atoms with Crippen molar-refractivity contribution >= 4 is 33.2 Å². The first kappa shape index (κ1) is 11.7. The molecule has 0 aromatic carbocycles. The van der Waals surface area contributed by atoms with Gasteiger partial charge in [-0.15, -0.1) is 11.3 Å². The van der Waals surface area contributed by atoms with Crippen LogP contribution in [0, 0.1) is 0 Å². The van der Waals surface area contributed by atoms with Crippen molar-refractivity contribution in [2.75, 3.05) is 13.1 Å². The normalized spacial score (nSPS) is 10.2. The number of nitrogens with zero attached hydrogens (tertiary/aromatic N) is 1. The average molecular weight is 276 g/mol. The fraction of sp³-hybridized carbons (Fsp3) is 0.500. The Kier molecular flexibility index (Phi) is 4.62. The van der Waals surface area contributed by atoms with Crippen LogP contribution >= 0.6 is 27.3 Å². The largest absolute Gasteiger partial charge is 0.339 e. The molecule has 0 bridgehead atoms. The molecule has 1 heterocycles. The van der Waals surface area contributed by atoms with Gasteiger partial charge >= 0.3 is 0 Å². The third-order valence-electron chi connectivity index (χ3n) is 1.98. The van der Waals surface area contributed by atoms with E-state index in [0.29, 0.717) is 0 Å². The number of carbonyl (C=O) groups is 1. The predicted octanol–water partition coefficient (Wildman–Crippen LogP) is 3.38. The Bertz CT molecular complexity index is 311. The second-order valence-corrected chi connectivity index (χ2v) is 5.31. The van der Waals surface area contributed by atoms with Gasteiger partial charge in [0.2, 0.25) is 0 Å². The van der Waals surface area contributed by atoms with Crippen molar-refractivity contribution in [3.05, 3.63) is 20.8 Å². The van der Waals surface area contributed by atoms with Gasteiger partial charge < -0.3 is 4.90 Å². The Hall–Kier alpha value is -0.350. The molecule has 0 saturated carbocycles. The summed E-state index contributed by atoms with van der Waals surface area (Å²) in [6.07, 6.45) is 1.00. The second kappa shape index (κ2) is 5.51. The lowest BCUT2D eigenvalue weighted by Crippen LogP contribution is -2.31. The van der Waals surface area contributed by atoms with Crippen LogP contribution in [0.5, 0.6) is 0 Å².